The van der Waals surface area contributed by atoms with Crippen LogP contribution in [0.5, 0.6) is 0 Å². The first-order chi connectivity index (χ1) is 9.37. The van der Waals surface area contributed by atoms with Crippen LogP contribution in [0, 0.1) is 0 Å². The number of benzene rings is 1. The average Bonchev–Trinajstić information content (AvgIpc) is 2.35. The minimum absolute atomic E-state index is 0.104. The molecule has 0 aliphatic carbocycles. The second kappa shape index (κ2) is 5.49. The zero-order chi connectivity index (χ0) is 14.8. The van der Waals surface area contributed by atoms with Gasteiger partial charge in [0.05, 0.1) is 11.9 Å². The first-order valence-corrected chi connectivity index (χ1v) is 6.67. The van der Waals surface area contributed by atoms with Crippen molar-refractivity contribution >= 4 is 16.9 Å². The molecule has 1 aromatic heterocycles. The number of carbonyl (C=O) groups is 1. The minimum Gasteiger partial charge on any atom is -0.460 e. The van der Waals surface area contributed by atoms with Crippen LogP contribution in [0.25, 0.3) is 10.9 Å². The first kappa shape index (κ1) is 14.3. The summed E-state index contributed by atoms with van der Waals surface area (Å²) in [6.07, 6.45) is 0.186. The molecule has 0 aliphatic heterocycles. The molecule has 0 spiro atoms. The standard InChI is InChI=1S/C16H19NO3/c1-16(2,3)20-15(19)10-11-17-13-7-5-4-6-12(13)8-9-14(17)18/h4-9H,10-11H2,1-3H3. The summed E-state index contributed by atoms with van der Waals surface area (Å²) in [5.74, 6) is -0.294. The van der Waals surface area contributed by atoms with Gasteiger partial charge in [-0.15, -0.1) is 0 Å². The van der Waals surface area contributed by atoms with E-state index in [-0.39, 0.29) is 17.9 Å². The minimum atomic E-state index is -0.499. The van der Waals surface area contributed by atoms with Crippen LogP contribution in [0.15, 0.2) is 41.2 Å². The highest BCUT2D eigenvalue weighted by Crippen LogP contribution is 2.12. The van der Waals surface area contributed by atoms with Crippen molar-refractivity contribution in [1.29, 1.82) is 0 Å². The average molecular weight is 273 g/mol. The fourth-order valence-corrected chi connectivity index (χ4v) is 2.07. The summed E-state index contributed by atoms with van der Waals surface area (Å²) in [6, 6.07) is 10.9. The van der Waals surface area contributed by atoms with E-state index in [1.54, 1.807) is 10.6 Å². The molecule has 0 bridgehead atoms. The van der Waals surface area contributed by atoms with Crippen LogP contribution in [0.3, 0.4) is 0 Å². The van der Waals surface area contributed by atoms with E-state index in [2.05, 4.69) is 0 Å². The highest BCUT2D eigenvalue weighted by atomic mass is 16.6. The maximum atomic E-state index is 11.9. The van der Waals surface area contributed by atoms with Gasteiger partial charge >= 0.3 is 5.97 Å². The highest BCUT2D eigenvalue weighted by molar-refractivity contribution is 5.79. The van der Waals surface area contributed by atoms with Gasteiger partial charge in [-0.3, -0.25) is 9.59 Å². The van der Waals surface area contributed by atoms with Crippen LogP contribution < -0.4 is 5.56 Å². The molecule has 4 nitrogen and oxygen atoms in total. The van der Waals surface area contributed by atoms with E-state index in [0.717, 1.165) is 10.9 Å². The maximum Gasteiger partial charge on any atom is 0.308 e. The van der Waals surface area contributed by atoms with E-state index >= 15 is 0 Å². The monoisotopic (exact) mass is 273 g/mol. The van der Waals surface area contributed by atoms with Crippen molar-refractivity contribution in [3.63, 3.8) is 0 Å². The molecule has 0 N–H and O–H groups in total. The third kappa shape index (κ3) is 3.47. The van der Waals surface area contributed by atoms with Crippen molar-refractivity contribution in [3.8, 4) is 0 Å². The number of aromatic nitrogens is 1. The van der Waals surface area contributed by atoms with Crippen LogP contribution in [0.2, 0.25) is 0 Å². The Morgan fingerprint density at radius 2 is 1.85 bits per heavy atom. The molecule has 2 aromatic rings. The molecule has 1 aromatic carbocycles. The topological polar surface area (TPSA) is 48.3 Å². The molecule has 1 heterocycles. The molecule has 0 unspecified atom stereocenters. The summed E-state index contributed by atoms with van der Waals surface area (Å²) in [5.41, 5.74) is 0.233. The second-order valence-electron chi connectivity index (χ2n) is 5.72. The lowest BCUT2D eigenvalue weighted by Crippen LogP contribution is -2.26. The Kier molecular flexibility index (Phi) is 3.93. The molecule has 0 atom stereocenters. The molecule has 106 valence electrons. The van der Waals surface area contributed by atoms with Crippen LogP contribution in [0.1, 0.15) is 27.2 Å². The molecule has 0 radical (unpaired) electrons. The van der Waals surface area contributed by atoms with Gasteiger partial charge in [0.25, 0.3) is 5.56 Å². The number of para-hydroxylation sites is 1. The van der Waals surface area contributed by atoms with Crippen molar-refractivity contribution < 1.29 is 9.53 Å². The van der Waals surface area contributed by atoms with E-state index < -0.39 is 5.60 Å². The van der Waals surface area contributed by atoms with Gasteiger partial charge in [0.2, 0.25) is 0 Å². The summed E-state index contributed by atoms with van der Waals surface area (Å²) in [5, 5.41) is 0.983. The summed E-state index contributed by atoms with van der Waals surface area (Å²) in [6.45, 7) is 5.81. The van der Waals surface area contributed by atoms with Crippen LogP contribution in [0.4, 0.5) is 0 Å². The van der Waals surface area contributed by atoms with Gasteiger partial charge < -0.3 is 9.30 Å². The predicted molar refractivity (Wildman–Crippen MR) is 78.7 cm³/mol. The normalized spacial score (nSPS) is 11.6. The van der Waals surface area contributed by atoms with E-state index in [4.69, 9.17) is 4.74 Å². The Hall–Kier alpha value is -2.10. The van der Waals surface area contributed by atoms with Gasteiger partial charge in [0.15, 0.2) is 0 Å². The number of aryl methyl sites for hydroxylation is 1. The molecule has 4 heteroatoms. The summed E-state index contributed by atoms with van der Waals surface area (Å²) in [7, 11) is 0. The van der Waals surface area contributed by atoms with Gasteiger partial charge in [0.1, 0.15) is 5.60 Å². The first-order valence-electron chi connectivity index (χ1n) is 6.67. The van der Waals surface area contributed by atoms with Gasteiger partial charge in [-0.05, 0) is 38.3 Å². The lowest BCUT2D eigenvalue weighted by Gasteiger charge is -2.19. The Bertz CT molecular complexity index is 680. The quantitative estimate of drug-likeness (QED) is 0.808. The lowest BCUT2D eigenvalue weighted by molar-refractivity contribution is -0.155. The number of pyridine rings is 1. The van der Waals surface area contributed by atoms with E-state index in [1.807, 2.05) is 45.0 Å². The number of fused-ring (bicyclic) bond motifs is 1. The number of hydrogen-bond acceptors (Lipinski definition) is 3. The SMILES string of the molecule is CC(C)(C)OC(=O)CCn1c(=O)ccc2ccccc21. The van der Waals surface area contributed by atoms with Crippen molar-refractivity contribution in [2.45, 2.75) is 39.3 Å². The van der Waals surface area contributed by atoms with Crippen LogP contribution >= 0.6 is 0 Å². The van der Waals surface area contributed by atoms with Crippen LogP contribution in [-0.2, 0) is 16.1 Å². The fraction of sp³-hybridized carbons (Fsp3) is 0.375. The van der Waals surface area contributed by atoms with E-state index in [1.165, 1.54) is 6.07 Å². The summed E-state index contributed by atoms with van der Waals surface area (Å²) in [4.78, 5) is 23.7. The number of ether oxygens (including phenoxy) is 1. The molecular weight excluding hydrogens is 254 g/mol. The molecule has 0 aliphatic rings. The smallest absolute Gasteiger partial charge is 0.308 e. The van der Waals surface area contributed by atoms with Crippen molar-refractivity contribution in [2.75, 3.05) is 0 Å². The van der Waals surface area contributed by atoms with Crippen LogP contribution in [-0.4, -0.2) is 16.1 Å². The Morgan fingerprint density at radius 3 is 2.55 bits per heavy atom. The molecule has 20 heavy (non-hydrogen) atoms. The molecule has 0 saturated heterocycles. The highest BCUT2D eigenvalue weighted by Gasteiger charge is 2.16. The number of esters is 1. The number of hydrogen-bond donors (Lipinski definition) is 0. The number of carbonyl (C=O) groups excluding carboxylic acids is 1. The molecule has 2 rings (SSSR count). The summed E-state index contributed by atoms with van der Waals surface area (Å²) < 4.78 is 6.87. The summed E-state index contributed by atoms with van der Waals surface area (Å²) >= 11 is 0. The lowest BCUT2D eigenvalue weighted by atomic mass is 10.2. The largest absolute Gasteiger partial charge is 0.460 e. The van der Waals surface area contributed by atoms with E-state index in [9.17, 15) is 9.59 Å². The second-order valence-corrected chi connectivity index (χ2v) is 5.72. The van der Waals surface area contributed by atoms with E-state index in [0.29, 0.717) is 6.54 Å². The zero-order valence-electron chi connectivity index (χ0n) is 12.1. The number of rotatable bonds is 3. The molecule has 0 amide bonds. The molecule has 0 saturated carbocycles. The Balaban J connectivity index is 2.20. The third-order valence-corrected chi connectivity index (χ3v) is 2.86. The van der Waals surface area contributed by atoms with Crippen molar-refractivity contribution in [3.05, 3.63) is 46.8 Å². The fourth-order valence-electron chi connectivity index (χ4n) is 2.07. The van der Waals surface area contributed by atoms with Gasteiger partial charge in [0, 0.05) is 12.6 Å². The van der Waals surface area contributed by atoms with Gasteiger partial charge in [-0.25, -0.2) is 0 Å². The maximum absolute atomic E-state index is 11.9. The Morgan fingerprint density at radius 1 is 1.15 bits per heavy atom. The predicted octanol–water partition coefficient (Wildman–Crippen LogP) is 2.73. The number of nitrogens with zero attached hydrogens (tertiary/aromatic N) is 1. The molecule has 0 fully saturated rings. The third-order valence-electron chi connectivity index (χ3n) is 2.86. The van der Waals surface area contributed by atoms with Crippen molar-refractivity contribution in [1.82, 2.24) is 4.57 Å². The van der Waals surface area contributed by atoms with Crippen molar-refractivity contribution in [2.24, 2.45) is 0 Å². The van der Waals surface area contributed by atoms with Gasteiger partial charge in [-0.2, -0.15) is 0 Å². The zero-order valence-corrected chi connectivity index (χ0v) is 12.1. The van der Waals surface area contributed by atoms with Gasteiger partial charge in [-0.1, -0.05) is 18.2 Å². The Labute approximate surface area is 118 Å². The molecular formula is C16H19NO3.